The van der Waals surface area contributed by atoms with Crippen LogP contribution in [0.2, 0.25) is 0 Å². The van der Waals surface area contributed by atoms with E-state index in [0.717, 1.165) is 4.90 Å². The molecule has 1 aromatic carbocycles. The van der Waals surface area contributed by atoms with E-state index in [1.807, 2.05) is 26.0 Å². The zero-order valence-electron chi connectivity index (χ0n) is 18.2. The van der Waals surface area contributed by atoms with Crippen molar-refractivity contribution < 1.29 is 18.8 Å². The number of halogens is 1. The Hall–Kier alpha value is -3.43. The number of tetrazole rings is 1. The summed E-state index contributed by atoms with van der Waals surface area (Å²) in [6.07, 6.45) is 5.06. The molecule has 10 heteroatoms. The molecule has 3 unspecified atom stereocenters. The largest absolute Gasteiger partial charge is 0.322 e. The highest BCUT2D eigenvalue weighted by atomic mass is 19.1. The minimum atomic E-state index is -1.02. The highest BCUT2D eigenvalue weighted by Crippen LogP contribution is 2.37. The number of fused-ring (bicyclic) bond motifs is 1. The normalized spacial score (nSPS) is 21.2. The fraction of sp³-hybridized carbons (Fsp3) is 0.455. The number of allylic oxidation sites excluding steroid dienone is 2. The average molecular weight is 440 g/mol. The maximum absolute atomic E-state index is 14.5. The molecule has 3 amide bonds. The number of hydrogen-bond acceptors (Lipinski definition) is 6. The Balaban J connectivity index is 1.62. The molecule has 9 nitrogen and oxygen atoms in total. The van der Waals surface area contributed by atoms with E-state index in [2.05, 4.69) is 20.8 Å². The van der Waals surface area contributed by atoms with Gasteiger partial charge in [0.1, 0.15) is 11.9 Å². The topological polar surface area (TPSA) is 110 Å². The lowest BCUT2D eigenvalue weighted by molar-refractivity contribution is -0.147. The smallest absolute Gasteiger partial charge is 0.247 e. The van der Waals surface area contributed by atoms with E-state index in [1.54, 1.807) is 6.92 Å². The third-order valence-corrected chi connectivity index (χ3v) is 5.93. The van der Waals surface area contributed by atoms with Gasteiger partial charge in [-0.2, -0.15) is 4.68 Å². The molecule has 1 fully saturated rings. The monoisotopic (exact) mass is 440 g/mol. The van der Waals surface area contributed by atoms with E-state index in [9.17, 15) is 18.8 Å². The summed E-state index contributed by atoms with van der Waals surface area (Å²) in [4.78, 5) is 40.4. The van der Waals surface area contributed by atoms with Crippen LogP contribution in [0.4, 0.5) is 10.1 Å². The first-order valence-corrected chi connectivity index (χ1v) is 10.7. The van der Waals surface area contributed by atoms with Crippen molar-refractivity contribution in [3.05, 3.63) is 42.0 Å². The summed E-state index contributed by atoms with van der Waals surface area (Å²) in [6.45, 7) is 5.50. The van der Waals surface area contributed by atoms with Crippen molar-refractivity contribution in [3.8, 4) is 5.69 Å². The lowest BCUT2D eigenvalue weighted by Crippen LogP contribution is -2.48. The summed E-state index contributed by atoms with van der Waals surface area (Å²) >= 11 is 0. The molecular formula is C22H25FN6O3. The maximum Gasteiger partial charge on any atom is 0.247 e. The number of benzene rings is 1. The predicted molar refractivity (Wildman–Crippen MR) is 113 cm³/mol. The van der Waals surface area contributed by atoms with Crippen molar-refractivity contribution >= 4 is 23.4 Å². The van der Waals surface area contributed by atoms with Gasteiger partial charge in [0.15, 0.2) is 5.82 Å². The van der Waals surface area contributed by atoms with Crippen molar-refractivity contribution in [2.75, 3.05) is 5.32 Å². The Morgan fingerprint density at radius 1 is 1.19 bits per heavy atom. The molecule has 1 aliphatic carbocycles. The maximum atomic E-state index is 14.5. The van der Waals surface area contributed by atoms with E-state index < -0.39 is 29.6 Å². The van der Waals surface area contributed by atoms with Gasteiger partial charge in [0.25, 0.3) is 0 Å². The van der Waals surface area contributed by atoms with Gasteiger partial charge in [-0.25, -0.2) is 4.39 Å². The molecule has 1 N–H and O–H groups in total. The van der Waals surface area contributed by atoms with Gasteiger partial charge in [-0.1, -0.05) is 26.0 Å². The van der Waals surface area contributed by atoms with Crippen LogP contribution in [0.5, 0.6) is 0 Å². The molecule has 2 heterocycles. The number of aryl methyl sites for hydroxylation is 1. The highest BCUT2D eigenvalue weighted by molar-refractivity contribution is 6.10. The third kappa shape index (κ3) is 3.92. The van der Waals surface area contributed by atoms with E-state index in [4.69, 9.17) is 0 Å². The summed E-state index contributed by atoms with van der Waals surface area (Å²) < 4.78 is 15.9. The molecule has 32 heavy (non-hydrogen) atoms. The SMILES string of the molecule is Cc1nnnn1-c1ccc(F)c(NC(=O)C(CC(C)C)N2C(=O)C3CC=CCC3C2=O)c1. The van der Waals surface area contributed by atoms with Crippen molar-refractivity contribution in [2.45, 2.75) is 46.1 Å². The molecule has 0 bridgehead atoms. The molecular weight excluding hydrogens is 415 g/mol. The highest BCUT2D eigenvalue weighted by Gasteiger charge is 2.51. The number of nitrogens with zero attached hydrogens (tertiary/aromatic N) is 5. The lowest BCUT2D eigenvalue weighted by atomic mass is 9.85. The molecule has 3 atom stereocenters. The number of rotatable bonds is 6. The van der Waals surface area contributed by atoms with Gasteiger partial charge in [0.2, 0.25) is 17.7 Å². The number of carbonyl (C=O) groups excluding carboxylic acids is 3. The zero-order chi connectivity index (χ0) is 23.0. The molecule has 1 saturated heterocycles. The van der Waals surface area contributed by atoms with Crippen LogP contribution in [0.3, 0.4) is 0 Å². The van der Waals surface area contributed by atoms with Gasteiger partial charge in [0, 0.05) is 0 Å². The Morgan fingerprint density at radius 3 is 2.41 bits per heavy atom. The fourth-order valence-corrected chi connectivity index (χ4v) is 4.34. The van der Waals surface area contributed by atoms with Gasteiger partial charge < -0.3 is 5.32 Å². The Kier molecular flexibility index (Phi) is 5.86. The Bertz CT molecular complexity index is 1070. The molecule has 168 valence electrons. The van der Waals surface area contributed by atoms with E-state index in [-0.39, 0.29) is 29.8 Å². The average Bonchev–Trinajstić information content (AvgIpc) is 3.29. The Morgan fingerprint density at radius 2 is 1.84 bits per heavy atom. The van der Waals surface area contributed by atoms with Crippen molar-refractivity contribution in [2.24, 2.45) is 17.8 Å². The van der Waals surface area contributed by atoms with Crippen LogP contribution in [0.25, 0.3) is 5.69 Å². The van der Waals surface area contributed by atoms with E-state index >= 15 is 0 Å². The second kappa shape index (κ2) is 8.60. The fourth-order valence-electron chi connectivity index (χ4n) is 4.34. The number of likely N-dealkylation sites (tertiary alicyclic amines) is 1. The number of imide groups is 1. The standard InChI is InChI=1S/C22H25FN6O3/c1-12(2)10-19(28-21(31)15-6-4-5-7-16(15)22(28)32)20(30)24-18-11-14(8-9-17(18)23)29-13(3)25-26-27-29/h4-5,8-9,11-12,15-16,19H,6-7,10H2,1-3H3,(H,24,30). The quantitative estimate of drug-likeness (QED) is 0.546. The Labute approximate surface area is 184 Å². The van der Waals surface area contributed by atoms with Gasteiger partial charge >= 0.3 is 0 Å². The van der Waals surface area contributed by atoms with Crippen LogP contribution in [0, 0.1) is 30.5 Å². The second-order valence-corrected chi connectivity index (χ2v) is 8.64. The first-order valence-electron chi connectivity index (χ1n) is 10.7. The summed E-state index contributed by atoms with van der Waals surface area (Å²) in [5, 5.41) is 13.8. The third-order valence-electron chi connectivity index (χ3n) is 5.93. The summed E-state index contributed by atoms with van der Waals surface area (Å²) in [7, 11) is 0. The minimum Gasteiger partial charge on any atom is -0.322 e. The number of anilines is 1. The number of hydrogen-bond donors (Lipinski definition) is 1. The summed E-state index contributed by atoms with van der Waals surface area (Å²) in [5.41, 5.74) is 0.393. The van der Waals surface area contributed by atoms with Crippen molar-refractivity contribution in [3.63, 3.8) is 0 Å². The predicted octanol–water partition coefficient (Wildman–Crippen LogP) is 2.41. The first-order chi connectivity index (χ1) is 15.3. The molecule has 4 rings (SSSR count). The first kappa shape index (κ1) is 21.8. The number of aromatic nitrogens is 4. The van der Waals surface area contributed by atoms with E-state index in [0.29, 0.717) is 24.4 Å². The number of amides is 3. The molecule has 0 saturated carbocycles. The van der Waals surface area contributed by atoms with Crippen molar-refractivity contribution in [1.82, 2.24) is 25.1 Å². The molecule has 2 aliphatic rings. The number of nitrogens with one attached hydrogen (secondary N) is 1. The minimum absolute atomic E-state index is 0.0344. The van der Waals surface area contributed by atoms with Crippen molar-refractivity contribution in [1.29, 1.82) is 0 Å². The second-order valence-electron chi connectivity index (χ2n) is 8.64. The molecule has 0 spiro atoms. The van der Waals surface area contributed by atoms with Crippen LogP contribution in [0.15, 0.2) is 30.4 Å². The van der Waals surface area contributed by atoms with Crippen LogP contribution < -0.4 is 5.32 Å². The van der Waals surface area contributed by atoms with Gasteiger partial charge in [-0.15, -0.1) is 5.10 Å². The molecule has 0 radical (unpaired) electrons. The number of carbonyl (C=O) groups is 3. The summed E-state index contributed by atoms with van der Waals surface area (Å²) in [5.74, 6) is -2.24. The zero-order valence-corrected chi connectivity index (χ0v) is 18.2. The van der Waals surface area contributed by atoms with Crippen LogP contribution in [-0.4, -0.2) is 48.9 Å². The van der Waals surface area contributed by atoms with Crippen LogP contribution in [-0.2, 0) is 14.4 Å². The van der Waals surface area contributed by atoms with E-state index in [1.165, 1.54) is 22.9 Å². The van der Waals surface area contributed by atoms with Crippen LogP contribution in [0.1, 0.15) is 38.9 Å². The molecule has 1 aliphatic heterocycles. The van der Waals surface area contributed by atoms with Gasteiger partial charge in [-0.3, -0.25) is 19.3 Å². The van der Waals surface area contributed by atoms with Crippen LogP contribution >= 0.6 is 0 Å². The van der Waals surface area contributed by atoms with Gasteiger partial charge in [-0.05, 0) is 60.7 Å². The molecule has 1 aromatic heterocycles. The molecule has 2 aromatic rings. The van der Waals surface area contributed by atoms with Gasteiger partial charge in [0.05, 0.1) is 23.2 Å². The lowest BCUT2D eigenvalue weighted by Gasteiger charge is -2.27. The summed E-state index contributed by atoms with van der Waals surface area (Å²) in [6, 6.07) is 3.10.